The Hall–Kier alpha value is -3.26. The molecule has 1 aromatic heterocycles. The molecule has 1 heterocycles. The van der Waals surface area contributed by atoms with E-state index in [-0.39, 0.29) is 30.8 Å². The maximum atomic E-state index is 12.1. The first-order chi connectivity index (χ1) is 12.8. The van der Waals surface area contributed by atoms with E-state index in [1.165, 1.54) is 6.92 Å². The number of rotatable bonds is 7. The van der Waals surface area contributed by atoms with Crippen LogP contribution in [0.1, 0.15) is 12.5 Å². The summed E-state index contributed by atoms with van der Waals surface area (Å²) in [5.74, 6) is -0.168. The molecular formula is C19H23N5O3. The van der Waals surface area contributed by atoms with Crippen molar-refractivity contribution in [1.82, 2.24) is 9.88 Å². The van der Waals surface area contributed by atoms with Crippen molar-refractivity contribution in [1.29, 1.82) is 0 Å². The van der Waals surface area contributed by atoms with Crippen LogP contribution in [-0.2, 0) is 14.4 Å². The van der Waals surface area contributed by atoms with Crippen molar-refractivity contribution in [3.63, 3.8) is 0 Å². The fourth-order valence-electron chi connectivity index (χ4n) is 2.37. The zero-order valence-corrected chi connectivity index (χ0v) is 15.6. The third-order valence-electron chi connectivity index (χ3n) is 3.50. The van der Waals surface area contributed by atoms with E-state index in [0.717, 1.165) is 5.56 Å². The quantitative estimate of drug-likeness (QED) is 0.691. The van der Waals surface area contributed by atoms with Gasteiger partial charge >= 0.3 is 0 Å². The van der Waals surface area contributed by atoms with Gasteiger partial charge in [0.05, 0.1) is 13.1 Å². The van der Waals surface area contributed by atoms with E-state index < -0.39 is 0 Å². The van der Waals surface area contributed by atoms with Crippen molar-refractivity contribution in [2.45, 2.75) is 13.8 Å². The SMILES string of the molecule is CC(=O)Nc1ccc(NC(=O)CN(C)CC(=O)Nc2cc(C)ccn2)cc1. The average Bonchev–Trinajstić information content (AvgIpc) is 2.55. The van der Waals surface area contributed by atoms with Crippen LogP contribution in [0.2, 0.25) is 0 Å². The Morgan fingerprint density at radius 2 is 1.48 bits per heavy atom. The predicted octanol–water partition coefficient (Wildman–Crippen LogP) is 1.86. The van der Waals surface area contributed by atoms with Crippen molar-refractivity contribution < 1.29 is 14.4 Å². The highest BCUT2D eigenvalue weighted by Crippen LogP contribution is 2.13. The lowest BCUT2D eigenvalue weighted by Gasteiger charge is -2.16. The second-order valence-corrected chi connectivity index (χ2v) is 6.25. The maximum absolute atomic E-state index is 12.1. The molecular weight excluding hydrogens is 346 g/mol. The van der Waals surface area contributed by atoms with Crippen LogP contribution < -0.4 is 16.0 Å². The molecule has 0 aliphatic heterocycles. The molecule has 0 saturated carbocycles. The summed E-state index contributed by atoms with van der Waals surface area (Å²) < 4.78 is 0. The smallest absolute Gasteiger partial charge is 0.239 e. The van der Waals surface area contributed by atoms with Gasteiger partial charge in [0.15, 0.2) is 0 Å². The molecule has 2 rings (SSSR count). The number of amides is 3. The third kappa shape index (κ3) is 7.25. The molecule has 3 N–H and O–H groups in total. The van der Waals surface area contributed by atoms with Crippen molar-refractivity contribution in [3.8, 4) is 0 Å². The Morgan fingerprint density at radius 1 is 0.926 bits per heavy atom. The number of hydrogen-bond acceptors (Lipinski definition) is 5. The van der Waals surface area contributed by atoms with Crippen LogP contribution in [0.5, 0.6) is 0 Å². The van der Waals surface area contributed by atoms with Gasteiger partial charge in [-0.1, -0.05) is 0 Å². The summed E-state index contributed by atoms with van der Waals surface area (Å²) in [5.41, 5.74) is 2.26. The Bertz CT molecular complexity index is 820. The van der Waals surface area contributed by atoms with Crippen molar-refractivity contribution >= 4 is 34.9 Å². The van der Waals surface area contributed by atoms with Crippen LogP contribution in [-0.4, -0.2) is 47.7 Å². The van der Waals surface area contributed by atoms with Gasteiger partial charge in [0, 0.05) is 24.5 Å². The number of hydrogen-bond donors (Lipinski definition) is 3. The predicted molar refractivity (Wildman–Crippen MR) is 104 cm³/mol. The molecule has 3 amide bonds. The van der Waals surface area contributed by atoms with Crippen molar-refractivity contribution in [2.24, 2.45) is 0 Å². The summed E-state index contributed by atoms with van der Waals surface area (Å²) in [5, 5.41) is 8.10. The number of nitrogens with zero attached hydrogens (tertiary/aromatic N) is 2. The molecule has 0 fully saturated rings. The molecule has 0 atom stereocenters. The molecule has 0 bridgehead atoms. The molecule has 0 unspecified atom stereocenters. The number of aromatic nitrogens is 1. The van der Waals surface area contributed by atoms with Gasteiger partial charge in [-0.25, -0.2) is 4.98 Å². The molecule has 8 heteroatoms. The van der Waals surface area contributed by atoms with Crippen molar-refractivity contribution in [3.05, 3.63) is 48.2 Å². The van der Waals surface area contributed by atoms with Crippen molar-refractivity contribution in [2.75, 3.05) is 36.1 Å². The molecule has 2 aromatic rings. The Morgan fingerprint density at radius 3 is 2.04 bits per heavy atom. The number of carbonyl (C=O) groups is 3. The minimum absolute atomic E-state index is 0.0577. The number of nitrogens with one attached hydrogen (secondary N) is 3. The Kier molecular flexibility index (Phi) is 7.01. The van der Waals surface area contributed by atoms with E-state index in [1.807, 2.05) is 13.0 Å². The zero-order chi connectivity index (χ0) is 19.8. The van der Waals surface area contributed by atoms with Gasteiger partial charge < -0.3 is 16.0 Å². The number of benzene rings is 1. The van der Waals surface area contributed by atoms with Crippen LogP contribution in [0.25, 0.3) is 0 Å². The Balaban J connectivity index is 1.79. The normalized spacial score (nSPS) is 10.4. The third-order valence-corrected chi connectivity index (χ3v) is 3.50. The van der Waals surface area contributed by atoms with E-state index in [9.17, 15) is 14.4 Å². The number of pyridine rings is 1. The molecule has 8 nitrogen and oxygen atoms in total. The highest BCUT2D eigenvalue weighted by atomic mass is 16.2. The van der Waals surface area contributed by atoms with E-state index in [4.69, 9.17) is 0 Å². The van der Waals surface area contributed by atoms with E-state index in [0.29, 0.717) is 17.2 Å². The van der Waals surface area contributed by atoms with Crippen LogP contribution in [0, 0.1) is 6.92 Å². The molecule has 0 radical (unpaired) electrons. The highest BCUT2D eigenvalue weighted by Gasteiger charge is 2.12. The van der Waals surface area contributed by atoms with Gasteiger partial charge in [-0.2, -0.15) is 0 Å². The molecule has 0 aliphatic carbocycles. The molecule has 0 spiro atoms. The van der Waals surface area contributed by atoms with Crippen LogP contribution in [0.15, 0.2) is 42.6 Å². The van der Waals surface area contributed by atoms with E-state index in [1.54, 1.807) is 48.5 Å². The summed E-state index contributed by atoms with van der Waals surface area (Å²) >= 11 is 0. The van der Waals surface area contributed by atoms with Gasteiger partial charge in [-0.3, -0.25) is 19.3 Å². The largest absolute Gasteiger partial charge is 0.326 e. The monoisotopic (exact) mass is 369 g/mol. The highest BCUT2D eigenvalue weighted by molar-refractivity contribution is 5.94. The lowest BCUT2D eigenvalue weighted by molar-refractivity contribution is -0.119. The van der Waals surface area contributed by atoms with Gasteiger partial charge in [0.25, 0.3) is 0 Å². The second kappa shape index (κ2) is 9.44. The van der Waals surface area contributed by atoms with E-state index in [2.05, 4.69) is 20.9 Å². The minimum Gasteiger partial charge on any atom is -0.326 e. The number of carbonyl (C=O) groups excluding carboxylic acids is 3. The summed E-state index contributed by atoms with van der Waals surface area (Å²) in [6.45, 7) is 3.46. The molecule has 27 heavy (non-hydrogen) atoms. The molecule has 142 valence electrons. The number of anilines is 3. The fraction of sp³-hybridized carbons (Fsp3) is 0.263. The first kappa shape index (κ1) is 20.1. The zero-order valence-electron chi connectivity index (χ0n) is 15.6. The average molecular weight is 369 g/mol. The van der Waals surface area contributed by atoms with Gasteiger partial charge in [-0.15, -0.1) is 0 Å². The molecule has 0 aliphatic rings. The lowest BCUT2D eigenvalue weighted by atomic mass is 10.2. The topological polar surface area (TPSA) is 103 Å². The van der Waals surface area contributed by atoms with Gasteiger partial charge in [0.2, 0.25) is 17.7 Å². The second-order valence-electron chi connectivity index (χ2n) is 6.25. The summed E-state index contributed by atoms with van der Waals surface area (Å²) in [6, 6.07) is 10.4. The van der Waals surface area contributed by atoms with Gasteiger partial charge in [-0.05, 0) is 55.9 Å². The standard InChI is InChI=1S/C19H23N5O3/c1-13-8-9-20-17(10-13)23-19(27)12-24(3)11-18(26)22-16-6-4-15(5-7-16)21-14(2)25/h4-10H,11-12H2,1-3H3,(H,21,25)(H,22,26)(H,20,23,27). The first-order valence-corrected chi connectivity index (χ1v) is 8.40. The summed E-state index contributed by atoms with van der Waals surface area (Å²) in [6.07, 6.45) is 1.62. The number of aryl methyl sites for hydroxylation is 1. The lowest BCUT2D eigenvalue weighted by Crippen LogP contribution is -2.36. The number of likely N-dealkylation sites (N-methyl/N-ethyl adjacent to an activating group) is 1. The van der Waals surface area contributed by atoms with E-state index >= 15 is 0 Å². The first-order valence-electron chi connectivity index (χ1n) is 8.40. The van der Waals surface area contributed by atoms with Crippen LogP contribution in [0.4, 0.5) is 17.2 Å². The van der Waals surface area contributed by atoms with Crippen LogP contribution >= 0.6 is 0 Å². The Labute approximate surface area is 158 Å². The summed E-state index contributed by atoms with van der Waals surface area (Å²) in [4.78, 5) is 40.8. The molecule has 0 saturated heterocycles. The maximum Gasteiger partial charge on any atom is 0.239 e. The molecule has 1 aromatic carbocycles. The van der Waals surface area contributed by atoms with Crippen LogP contribution in [0.3, 0.4) is 0 Å². The summed E-state index contributed by atoms with van der Waals surface area (Å²) in [7, 11) is 1.68. The fourth-order valence-corrected chi connectivity index (χ4v) is 2.37. The minimum atomic E-state index is -0.247. The van der Waals surface area contributed by atoms with Gasteiger partial charge in [0.1, 0.15) is 5.82 Å².